The summed E-state index contributed by atoms with van der Waals surface area (Å²) in [6.07, 6.45) is 0. The van der Waals surface area contributed by atoms with Gasteiger partial charge in [0.2, 0.25) is 0 Å². The molecule has 1 aromatic heterocycles. The fourth-order valence-corrected chi connectivity index (χ4v) is 9.38. The van der Waals surface area contributed by atoms with Gasteiger partial charge in [0.25, 0.3) is 0 Å². The van der Waals surface area contributed by atoms with Crippen LogP contribution in [0.25, 0.3) is 98.8 Å². The summed E-state index contributed by atoms with van der Waals surface area (Å²) in [5.41, 5.74) is 14.6. The Bertz CT molecular complexity index is 3030. The molecule has 1 aliphatic carbocycles. The van der Waals surface area contributed by atoms with E-state index >= 15 is 0 Å². The van der Waals surface area contributed by atoms with E-state index in [0.29, 0.717) is 0 Å². The molecule has 0 radical (unpaired) electrons. The molecule has 0 fully saturated rings. The van der Waals surface area contributed by atoms with Gasteiger partial charge < -0.3 is 4.42 Å². The fraction of sp³-hybridized carbons (Fsp3) is 0.0588. The highest BCUT2D eigenvalue weighted by Crippen LogP contribution is 2.54. The van der Waals surface area contributed by atoms with Gasteiger partial charge in [-0.3, -0.25) is 0 Å². The summed E-state index contributed by atoms with van der Waals surface area (Å²) in [6.45, 7) is 4.77. The fourth-order valence-electron chi connectivity index (χ4n) is 9.38. The Labute approximate surface area is 302 Å². The van der Waals surface area contributed by atoms with E-state index in [0.717, 1.165) is 27.5 Å². The molecule has 0 unspecified atom stereocenters. The number of rotatable bonds is 3. The van der Waals surface area contributed by atoms with Crippen molar-refractivity contribution in [1.29, 1.82) is 0 Å². The summed E-state index contributed by atoms with van der Waals surface area (Å²) in [6, 6.07) is 62.2. The molecule has 1 aliphatic rings. The van der Waals surface area contributed by atoms with Gasteiger partial charge in [-0.1, -0.05) is 178 Å². The average Bonchev–Trinajstić information content (AvgIpc) is 3.69. The highest BCUT2D eigenvalue weighted by Gasteiger charge is 2.38. The zero-order valence-corrected chi connectivity index (χ0v) is 29.1. The minimum absolute atomic E-state index is 0.116. The monoisotopic (exact) mass is 662 g/mol. The molecule has 9 aromatic carbocycles. The lowest BCUT2D eigenvalue weighted by atomic mass is 9.78. The van der Waals surface area contributed by atoms with Crippen molar-refractivity contribution in [3.05, 3.63) is 181 Å². The van der Waals surface area contributed by atoms with E-state index in [4.69, 9.17) is 4.42 Å². The van der Waals surface area contributed by atoms with Gasteiger partial charge in [0, 0.05) is 27.3 Å². The zero-order valence-electron chi connectivity index (χ0n) is 29.1. The molecule has 10 aromatic rings. The van der Waals surface area contributed by atoms with Gasteiger partial charge in [-0.15, -0.1) is 0 Å². The van der Waals surface area contributed by atoms with E-state index in [1.165, 1.54) is 82.4 Å². The third-order valence-corrected chi connectivity index (χ3v) is 11.7. The molecule has 0 spiro atoms. The summed E-state index contributed by atoms with van der Waals surface area (Å²) in [5, 5.41) is 9.84. The Morgan fingerprint density at radius 1 is 0.365 bits per heavy atom. The number of hydrogen-bond acceptors (Lipinski definition) is 1. The number of hydrogen-bond donors (Lipinski definition) is 0. The third-order valence-electron chi connectivity index (χ3n) is 11.7. The van der Waals surface area contributed by atoms with E-state index in [1.807, 2.05) is 6.07 Å². The van der Waals surface area contributed by atoms with E-state index in [9.17, 15) is 0 Å². The zero-order chi connectivity index (χ0) is 34.6. The van der Waals surface area contributed by atoms with E-state index in [1.54, 1.807) is 0 Å². The van der Waals surface area contributed by atoms with Crippen LogP contribution in [0.4, 0.5) is 0 Å². The molecule has 0 N–H and O–H groups in total. The molecule has 1 heterocycles. The maximum atomic E-state index is 6.59. The smallest absolute Gasteiger partial charge is 0.143 e. The molecule has 0 bridgehead atoms. The Hall–Kier alpha value is -6.44. The largest absolute Gasteiger partial charge is 0.455 e. The minimum Gasteiger partial charge on any atom is -0.455 e. The van der Waals surface area contributed by atoms with E-state index in [2.05, 4.69) is 178 Å². The maximum absolute atomic E-state index is 6.59. The summed E-state index contributed by atoms with van der Waals surface area (Å²) in [5.74, 6) is 0. The summed E-state index contributed by atoms with van der Waals surface area (Å²) >= 11 is 0. The van der Waals surface area contributed by atoms with Crippen LogP contribution < -0.4 is 0 Å². The van der Waals surface area contributed by atoms with Crippen molar-refractivity contribution >= 4 is 54.3 Å². The molecule has 0 saturated carbocycles. The van der Waals surface area contributed by atoms with Crippen molar-refractivity contribution in [3.63, 3.8) is 0 Å². The first-order valence-corrected chi connectivity index (χ1v) is 18.2. The molecule has 0 aliphatic heterocycles. The van der Waals surface area contributed by atoms with Crippen LogP contribution >= 0.6 is 0 Å². The molecule has 52 heavy (non-hydrogen) atoms. The maximum Gasteiger partial charge on any atom is 0.143 e. The molecule has 1 nitrogen and oxygen atoms in total. The highest BCUT2D eigenvalue weighted by molar-refractivity contribution is 6.24. The quantitative estimate of drug-likeness (QED) is 0.172. The second kappa shape index (κ2) is 10.8. The first kappa shape index (κ1) is 29.3. The highest BCUT2D eigenvalue weighted by atomic mass is 16.3. The Kier molecular flexibility index (Phi) is 6.08. The van der Waals surface area contributed by atoms with Crippen molar-refractivity contribution in [2.45, 2.75) is 19.3 Å². The van der Waals surface area contributed by atoms with Crippen molar-refractivity contribution in [2.24, 2.45) is 0 Å². The van der Waals surface area contributed by atoms with Crippen LogP contribution in [-0.2, 0) is 5.41 Å². The van der Waals surface area contributed by atoms with Crippen molar-refractivity contribution in [1.82, 2.24) is 0 Å². The molecule has 0 atom stereocenters. The molecule has 0 amide bonds. The van der Waals surface area contributed by atoms with Crippen molar-refractivity contribution in [3.8, 4) is 44.5 Å². The standard InChI is InChI=1S/C51H34O/c1-51(2)44-30-29-31-13-3-4-14-34(31)48(44)42-22-11-20-35(49(42)51)32-25-27-33(28-26-32)46-37-16-5-7-18-39(37)47(40-19-8-6-17-38(40)46)43-23-12-21-41-36-15-9-10-24-45(36)52-50(41)43/h3-30H,1-2H3. The topological polar surface area (TPSA) is 13.1 Å². The first-order chi connectivity index (χ1) is 25.6. The average molecular weight is 663 g/mol. The molecule has 11 rings (SSSR count). The Morgan fingerprint density at radius 2 is 0.904 bits per heavy atom. The van der Waals surface area contributed by atoms with Gasteiger partial charge in [0.15, 0.2) is 0 Å². The summed E-state index contributed by atoms with van der Waals surface area (Å²) in [7, 11) is 0. The second-order valence-electron chi connectivity index (χ2n) is 14.8. The van der Waals surface area contributed by atoms with Gasteiger partial charge in [-0.25, -0.2) is 0 Å². The van der Waals surface area contributed by atoms with Crippen LogP contribution in [0.2, 0.25) is 0 Å². The molecular formula is C51H34O. The van der Waals surface area contributed by atoms with Crippen LogP contribution in [-0.4, -0.2) is 0 Å². The number of para-hydroxylation sites is 2. The minimum atomic E-state index is -0.116. The number of benzene rings is 9. The van der Waals surface area contributed by atoms with Gasteiger partial charge in [-0.2, -0.15) is 0 Å². The van der Waals surface area contributed by atoms with Crippen LogP contribution in [0, 0.1) is 0 Å². The van der Waals surface area contributed by atoms with Crippen LogP contribution in [0.1, 0.15) is 25.0 Å². The Balaban J connectivity index is 1.10. The lowest BCUT2D eigenvalue weighted by molar-refractivity contribution is 0.662. The normalized spacial score (nSPS) is 13.3. The SMILES string of the molecule is CC1(C)c2ccc3ccccc3c2-c2cccc(-c3ccc(-c4c5ccccc5c(-c5cccc6c5oc5ccccc56)c5ccccc45)cc3)c21. The molecular weight excluding hydrogens is 629 g/mol. The van der Waals surface area contributed by atoms with Crippen LogP contribution in [0.15, 0.2) is 174 Å². The second-order valence-corrected chi connectivity index (χ2v) is 14.8. The van der Waals surface area contributed by atoms with E-state index < -0.39 is 0 Å². The van der Waals surface area contributed by atoms with Crippen LogP contribution in [0.5, 0.6) is 0 Å². The van der Waals surface area contributed by atoms with Crippen molar-refractivity contribution in [2.75, 3.05) is 0 Å². The van der Waals surface area contributed by atoms with Crippen LogP contribution in [0.3, 0.4) is 0 Å². The van der Waals surface area contributed by atoms with E-state index in [-0.39, 0.29) is 5.41 Å². The number of fused-ring (bicyclic) bond motifs is 10. The third kappa shape index (κ3) is 3.99. The molecule has 0 saturated heterocycles. The summed E-state index contributed by atoms with van der Waals surface area (Å²) < 4.78 is 6.59. The first-order valence-electron chi connectivity index (χ1n) is 18.2. The molecule has 244 valence electrons. The Morgan fingerprint density at radius 3 is 1.63 bits per heavy atom. The van der Waals surface area contributed by atoms with Crippen molar-refractivity contribution < 1.29 is 4.42 Å². The summed E-state index contributed by atoms with van der Waals surface area (Å²) in [4.78, 5) is 0. The predicted molar refractivity (Wildman–Crippen MR) is 220 cm³/mol. The molecule has 1 heteroatoms. The van der Waals surface area contributed by atoms with Gasteiger partial charge in [0.05, 0.1) is 0 Å². The number of furan rings is 1. The van der Waals surface area contributed by atoms with Gasteiger partial charge in [0.1, 0.15) is 11.2 Å². The lowest BCUT2D eigenvalue weighted by Gasteiger charge is -2.25. The van der Waals surface area contributed by atoms with Gasteiger partial charge >= 0.3 is 0 Å². The lowest BCUT2D eigenvalue weighted by Crippen LogP contribution is -2.16. The predicted octanol–water partition coefficient (Wildman–Crippen LogP) is 14.4. The van der Waals surface area contributed by atoms with Gasteiger partial charge in [-0.05, 0) is 82.9 Å².